The van der Waals surface area contributed by atoms with Gasteiger partial charge in [0.1, 0.15) is 23.2 Å². The number of ether oxygens (including phenoxy) is 2. The van der Waals surface area contributed by atoms with Crippen LogP contribution in [-0.4, -0.2) is 25.7 Å². The number of hydrogen-bond acceptors (Lipinski definition) is 2. The predicted octanol–water partition coefficient (Wildman–Crippen LogP) is 6.60. The first-order valence-corrected chi connectivity index (χ1v) is 18.3. The van der Waals surface area contributed by atoms with E-state index < -0.39 is 7.26 Å². The van der Waals surface area contributed by atoms with Crippen molar-refractivity contribution in [3.8, 4) is 0 Å². The van der Waals surface area contributed by atoms with Crippen LogP contribution in [0, 0.1) is 20.8 Å². The molecular formula is C38H56ClO2P. The Bertz CT molecular complexity index is 1030. The minimum Gasteiger partial charge on any atom is -1.00 e. The van der Waals surface area contributed by atoms with E-state index in [9.17, 15) is 0 Å². The highest BCUT2D eigenvalue weighted by molar-refractivity contribution is 7.96. The molecule has 0 radical (unpaired) electrons. The van der Waals surface area contributed by atoms with Crippen LogP contribution in [0.25, 0.3) is 0 Å². The molecule has 0 aliphatic carbocycles. The molecule has 0 N–H and O–H groups in total. The lowest BCUT2D eigenvalue weighted by atomic mass is 10.1. The van der Waals surface area contributed by atoms with E-state index in [1.807, 2.05) is 0 Å². The van der Waals surface area contributed by atoms with Crippen molar-refractivity contribution < 1.29 is 21.9 Å². The summed E-state index contributed by atoms with van der Waals surface area (Å²) in [5, 5.41) is 4.67. The number of rotatable bonds is 20. The fourth-order valence-corrected chi connectivity index (χ4v) is 11.3. The zero-order valence-corrected chi connectivity index (χ0v) is 28.7. The molecule has 0 saturated heterocycles. The van der Waals surface area contributed by atoms with Crippen molar-refractivity contribution >= 4 is 23.2 Å². The molecule has 0 aliphatic heterocycles. The molecule has 0 fully saturated rings. The van der Waals surface area contributed by atoms with Crippen LogP contribution < -0.4 is 28.3 Å². The maximum absolute atomic E-state index is 6.05. The first-order valence-electron chi connectivity index (χ1n) is 16.3. The van der Waals surface area contributed by atoms with Gasteiger partial charge in [0.05, 0.1) is 6.16 Å². The topological polar surface area (TPSA) is 18.5 Å². The Hall–Kier alpha value is -1.70. The number of halogens is 1. The lowest BCUT2D eigenvalue weighted by molar-refractivity contribution is -0.147. The van der Waals surface area contributed by atoms with Gasteiger partial charge >= 0.3 is 0 Å². The van der Waals surface area contributed by atoms with Crippen molar-refractivity contribution in [2.24, 2.45) is 0 Å². The van der Waals surface area contributed by atoms with Crippen LogP contribution in [0.3, 0.4) is 0 Å². The monoisotopic (exact) mass is 610 g/mol. The van der Waals surface area contributed by atoms with E-state index in [0.29, 0.717) is 0 Å². The van der Waals surface area contributed by atoms with E-state index in [1.54, 1.807) is 15.9 Å². The van der Waals surface area contributed by atoms with E-state index in [0.717, 1.165) is 32.5 Å². The highest BCUT2D eigenvalue weighted by Crippen LogP contribution is 2.58. The summed E-state index contributed by atoms with van der Waals surface area (Å²) in [5.41, 5.74) is 4.26. The molecule has 0 heterocycles. The molecule has 42 heavy (non-hydrogen) atoms. The molecule has 2 nitrogen and oxygen atoms in total. The van der Waals surface area contributed by atoms with Gasteiger partial charge in [0.15, 0.2) is 6.29 Å². The molecule has 0 spiro atoms. The Kier molecular flexibility index (Phi) is 17.6. The fraction of sp³-hybridized carbons (Fsp3) is 0.526. The first-order chi connectivity index (χ1) is 20.0. The largest absolute Gasteiger partial charge is 1.00 e. The highest BCUT2D eigenvalue weighted by Gasteiger charge is 2.47. The summed E-state index contributed by atoms with van der Waals surface area (Å²) in [6, 6.07) is 27.5. The van der Waals surface area contributed by atoms with Crippen molar-refractivity contribution in [1.29, 1.82) is 0 Å². The molecule has 0 atom stereocenters. The Morgan fingerprint density at radius 2 is 0.905 bits per heavy atom. The minimum absolute atomic E-state index is 0. The highest BCUT2D eigenvalue weighted by atomic mass is 35.5. The Balaban J connectivity index is 0.00000616. The van der Waals surface area contributed by atoms with Gasteiger partial charge in [-0.15, -0.1) is 0 Å². The average molecular weight is 611 g/mol. The summed E-state index contributed by atoms with van der Waals surface area (Å²) in [7, 11) is -1.80. The van der Waals surface area contributed by atoms with Gasteiger partial charge in [0.25, 0.3) is 0 Å². The second kappa shape index (κ2) is 20.3. The van der Waals surface area contributed by atoms with Crippen molar-refractivity contribution in [3.05, 3.63) is 89.5 Å². The van der Waals surface area contributed by atoms with Crippen LogP contribution in [0.4, 0.5) is 0 Å². The molecule has 3 rings (SSSR count). The summed E-state index contributed by atoms with van der Waals surface area (Å²) >= 11 is 0. The Morgan fingerprint density at radius 3 is 1.31 bits per heavy atom. The normalized spacial score (nSPS) is 11.6. The van der Waals surface area contributed by atoms with Crippen LogP contribution in [-0.2, 0) is 9.47 Å². The number of hydrogen-bond donors (Lipinski definition) is 0. The summed E-state index contributed by atoms with van der Waals surface area (Å²) in [6.45, 7) is 13.0. The van der Waals surface area contributed by atoms with Gasteiger partial charge in [-0.2, -0.15) is 0 Å². The standard InChI is InChI=1S/C38H56O2P.ClH/c1-6-8-29-39-38(40-30-9-7-2)28-14-12-10-11-13-21-31-41(35-25-18-15-22-32(35)3,36-26-19-16-23-33(36)4)37-27-20-17-24-34(37)5;/h15-20,22-27,38H,6-14,21,28-31H2,1-5H3;1H/q+1;/p-1. The molecule has 4 heteroatoms. The first kappa shape index (κ1) is 36.5. The fourth-order valence-electron chi connectivity index (χ4n) is 6.03. The van der Waals surface area contributed by atoms with Crippen molar-refractivity contribution in [2.75, 3.05) is 19.4 Å². The molecule has 0 aliphatic rings. The van der Waals surface area contributed by atoms with Crippen LogP contribution in [0.5, 0.6) is 0 Å². The Labute approximate surface area is 264 Å². The van der Waals surface area contributed by atoms with E-state index >= 15 is 0 Å². The number of aryl methyl sites for hydroxylation is 3. The smallest absolute Gasteiger partial charge is 0.157 e. The summed E-state index contributed by atoms with van der Waals surface area (Å²) in [5.74, 6) is 0. The van der Waals surface area contributed by atoms with Crippen LogP contribution >= 0.6 is 7.26 Å². The van der Waals surface area contributed by atoms with Crippen molar-refractivity contribution in [1.82, 2.24) is 0 Å². The molecule has 0 aromatic heterocycles. The van der Waals surface area contributed by atoms with Gasteiger partial charge in [0.2, 0.25) is 0 Å². The lowest BCUT2D eigenvalue weighted by Crippen LogP contribution is -3.00. The third kappa shape index (κ3) is 10.5. The third-order valence-corrected chi connectivity index (χ3v) is 13.3. The van der Waals surface area contributed by atoms with Gasteiger partial charge in [-0.25, -0.2) is 0 Å². The molecular weight excluding hydrogens is 555 g/mol. The van der Waals surface area contributed by atoms with E-state index in [4.69, 9.17) is 9.47 Å². The predicted molar refractivity (Wildman–Crippen MR) is 182 cm³/mol. The van der Waals surface area contributed by atoms with Gasteiger partial charge < -0.3 is 21.9 Å². The molecule has 3 aromatic carbocycles. The summed E-state index contributed by atoms with van der Waals surface area (Å²) < 4.78 is 12.1. The van der Waals surface area contributed by atoms with Gasteiger partial charge in [-0.05, 0) is 94.2 Å². The lowest BCUT2D eigenvalue weighted by Gasteiger charge is -2.31. The number of unbranched alkanes of at least 4 members (excludes halogenated alkanes) is 7. The van der Waals surface area contributed by atoms with Crippen LogP contribution in [0.2, 0.25) is 0 Å². The Morgan fingerprint density at radius 1 is 0.524 bits per heavy atom. The van der Waals surface area contributed by atoms with Crippen LogP contribution in [0.1, 0.15) is 101 Å². The molecule has 0 saturated carbocycles. The molecule has 3 aromatic rings. The molecule has 0 amide bonds. The molecule has 232 valence electrons. The van der Waals surface area contributed by atoms with Crippen LogP contribution in [0.15, 0.2) is 72.8 Å². The second-order valence-electron chi connectivity index (χ2n) is 11.7. The molecule has 0 unspecified atom stereocenters. The quantitative estimate of drug-likeness (QED) is 0.0815. The van der Waals surface area contributed by atoms with Crippen molar-refractivity contribution in [3.63, 3.8) is 0 Å². The van der Waals surface area contributed by atoms with Crippen molar-refractivity contribution in [2.45, 2.75) is 112 Å². The van der Waals surface area contributed by atoms with Gasteiger partial charge in [-0.3, -0.25) is 0 Å². The third-order valence-electron chi connectivity index (χ3n) is 8.37. The van der Waals surface area contributed by atoms with E-state index in [1.165, 1.54) is 74.2 Å². The molecule has 0 bridgehead atoms. The summed E-state index contributed by atoms with van der Waals surface area (Å²) in [4.78, 5) is 0. The maximum Gasteiger partial charge on any atom is 0.157 e. The van der Waals surface area contributed by atoms with Gasteiger partial charge in [-0.1, -0.05) is 101 Å². The number of benzene rings is 3. The van der Waals surface area contributed by atoms with Gasteiger partial charge in [0, 0.05) is 13.2 Å². The van der Waals surface area contributed by atoms with E-state index in [-0.39, 0.29) is 18.7 Å². The van der Waals surface area contributed by atoms with E-state index in [2.05, 4.69) is 107 Å². The minimum atomic E-state index is -1.80. The zero-order valence-electron chi connectivity index (χ0n) is 27.0. The average Bonchev–Trinajstić information content (AvgIpc) is 2.98. The maximum atomic E-state index is 6.05. The summed E-state index contributed by atoms with van der Waals surface area (Å²) in [6.07, 6.45) is 14.4. The zero-order chi connectivity index (χ0) is 29.3. The SMILES string of the molecule is CCCCOC(CCCCCCCC[P+](c1ccccc1C)(c1ccccc1C)c1ccccc1C)OCCCC.[Cl-]. The second-order valence-corrected chi connectivity index (χ2v) is 15.2.